The van der Waals surface area contributed by atoms with Gasteiger partial charge < -0.3 is 4.74 Å². The molecule has 20 heavy (non-hydrogen) atoms. The van der Waals surface area contributed by atoms with Crippen molar-refractivity contribution in [1.82, 2.24) is 4.57 Å². The normalized spacial score (nSPS) is 18.1. The Morgan fingerprint density at radius 2 is 1.75 bits per heavy atom. The van der Waals surface area contributed by atoms with E-state index in [9.17, 15) is 9.59 Å². The minimum absolute atomic E-state index is 0.0985. The van der Waals surface area contributed by atoms with E-state index >= 15 is 0 Å². The van der Waals surface area contributed by atoms with Gasteiger partial charge in [-0.25, -0.2) is 4.79 Å². The first-order valence-corrected chi connectivity index (χ1v) is 6.24. The Balaban J connectivity index is 1.91. The molecule has 1 unspecified atom stereocenters. The molecule has 3 rings (SSSR count). The van der Waals surface area contributed by atoms with E-state index in [1.54, 1.807) is 42.6 Å². The van der Waals surface area contributed by atoms with Gasteiger partial charge in [-0.3, -0.25) is 14.3 Å². The Morgan fingerprint density at radius 3 is 2.35 bits per heavy atom. The molecule has 2 aromatic rings. The molecular formula is C15H13N2O3. The monoisotopic (exact) mass is 269 g/mol. The number of nitrogens with zero attached hydrogens (tertiary/aromatic N) is 2. The maximum absolute atomic E-state index is 11.7. The second kappa shape index (κ2) is 4.85. The Bertz CT molecular complexity index is 691. The largest absolute Gasteiger partial charge is 0.444 e. The lowest BCUT2D eigenvalue weighted by Gasteiger charge is -2.13. The van der Waals surface area contributed by atoms with Crippen LogP contribution in [0.1, 0.15) is 0 Å². The lowest BCUT2D eigenvalue weighted by molar-refractivity contribution is 0.159. The van der Waals surface area contributed by atoms with Crippen molar-refractivity contribution in [2.75, 3.05) is 11.4 Å². The van der Waals surface area contributed by atoms with Crippen molar-refractivity contribution in [1.29, 1.82) is 0 Å². The standard InChI is InChI=1S/C15H13N2O3/c1-11-10-17(15(19)20-11)13-7-5-12(6-8-13)16-9-3-2-4-14(16)18/h2-9,11H,1,10H2. The van der Waals surface area contributed by atoms with E-state index in [0.717, 1.165) is 11.4 Å². The molecule has 5 nitrogen and oxygen atoms in total. The lowest BCUT2D eigenvalue weighted by Crippen LogP contribution is -2.24. The van der Waals surface area contributed by atoms with Crippen LogP contribution in [0.3, 0.4) is 0 Å². The van der Waals surface area contributed by atoms with Crippen LogP contribution in [0.2, 0.25) is 0 Å². The second-order valence-corrected chi connectivity index (χ2v) is 4.54. The molecule has 2 heterocycles. The van der Waals surface area contributed by atoms with Crippen molar-refractivity contribution in [2.45, 2.75) is 6.10 Å². The van der Waals surface area contributed by atoms with Gasteiger partial charge in [0.25, 0.3) is 5.56 Å². The zero-order valence-corrected chi connectivity index (χ0v) is 10.7. The molecule has 1 aromatic heterocycles. The number of carbonyl (C=O) groups is 1. The molecule has 5 heteroatoms. The van der Waals surface area contributed by atoms with Crippen LogP contribution >= 0.6 is 0 Å². The molecule has 1 amide bonds. The molecule has 0 spiro atoms. The highest BCUT2D eigenvalue weighted by Gasteiger charge is 2.29. The van der Waals surface area contributed by atoms with Gasteiger partial charge in [0, 0.05) is 23.6 Å². The van der Waals surface area contributed by atoms with Crippen molar-refractivity contribution in [3.63, 3.8) is 0 Å². The third-order valence-corrected chi connectivity index (χ3v) is 3.14. The maximum Gasteiger partial charge on any atom is 0.414 e. The molecular weight excluding hydrogens is 256 g/mol. The van der Waals surface area contributed by atoms with E-state index in [1.165, 1.54) is 15.5 Å². The number of ether oxygens (including phenoxy) is 1. The molecule has 1 fully saturated rings. The molecule has 1 aliphatic heterocycles. The van der Waals surface area contributed by atoms with Crippen molar-refractivity contribution >= 4 is 11.8 Å². The average Bonchev–Trinajstić information content (AvgIpc) is 2.79. The quantitative estimate of drug-likeness (QED) is 0.837. The van der Waals surface area contributed by atoms with Crippen molar-refractivity contribution in [3.05, 3.63) is 65.9 Å². The SMILES string of the molecule is [CH2]C1CN(c2ccc(-n3ccccc3=O)cc2)C(=O)O1. The summed E-state index contributed by atoms with van der Waals surface area (Å²) in [4.78, 5) is 24.9. The molecule has 1 aliphatic rings. The molecule has 101 valence electrons. The number of cyclic esters (lactones) is 1. The summed E-state index contributed by atoms with van der Waals surface area (Å²) >= 11 is 0. The number of carbonyl (C=O) groups excluding carboxylic acids is 1. The Hall–Kier alpha value is -2.56. The van der Waals surface area contributed by atoms with Gasteiger partial charge in [-0.05, 0) is 37.3 Å². The third kappa shape index (κ3) is 2.18. The smallest absolute Gasteiger partial charge is 0.414 e. The zero-order chi connectivity index (χ0) is 14.1. The van der Waals surface area contributed by atoms with E-state index in [0.29, 0.717) is 6.54 Å². The highest BCUT2D eigenvalue weighted by atomic mass is 16.6. The van der Waals surface area contributed by atoms with Gasteiger partial charge in [-0.1, -0.05) is 6.07 Å². The summed E-state index contributed by atoms with van der Waals surface area (Å²) < 4.78 is 6.52. The number of amides is 1. The summed E-state index contributed by atoms with van der Waals surface area (Å²) in [5.74, 6) is 0. The van der Waals surface area contributed by atoms with Crippen LogP contribution in [-0.2, 0) is 4.74 Å². The van der Waals surface area contributed by atoms with E-state index in [4.69, 9.17) is 4.74 Å². The fourth-order valence-corrected chi connectivity index (χ4v) is 2.17. The van der Waals surface area contributed by atoms with Crippen LogP contribution < -0.4 is 10.5 Å². The first-order valence-electron chi connectivity index (χ1n) is 6.24. The highest BCUT2D eigenvalue weighted by molar-refractivity contribution is 5.89. The van der Waals surface area contributed by atoms with Crippen LogP contribution in [0, 0.1) is 6.92 Å². The summed E-state index contributed by atoms with van der Waals surface area (Å²) in [6, 6.07) is 12.1. The maximum atomic E-state index is 11.7. The van der Waals surface area contributed by atoms with Gasteiger partial charge >= 0.3 is 6.09 Å². The van der Waals surface area contributed by atoms with Gasteiger partial charge in [-0.2, -0.15) is 0 Å². The van der Waals surface area contributed by atoms with Gasteiger partial charge in [0.15, 0.2) is 0 Å². The molecule has 0 saturated carbocycles. The van der Waals surface area contributed by atoms with Gasteiger partial charge in [0.1, 0.15) is 6.10 Å². The molecule has 1 radical (unpaired) electrons. The van der Waals surface area contributed by atoms with Crippen LogP contribution in [0.4, 0.5) is 10.5 Å². The summed E-state index contributed by atoms with van der Waals surface area (Å²) in [7, 11) is 0. The molecule has 0 aliphatic carbocycles. The van der Waals surface area contributed by atoms with Gasteiger partial charge in [0.2, 0.25) is 0 Å². The Morgan fingerprint density at radius 1 is 1.05 bits per heavy atom. The van der Waals surface area contributed by atoms with Crippen LogP contribution in [0.15, 0.2) is 53.5 Å². The minimum Gasteiger partial charge on any atom is -0.444 e. The number of rotatable bonds is 2. The van der Waals surface area contributed by atoms with Gasteiger partial charge in [0.05, 0.1) is 6.54 Å². The third-order valence-electron chi connectivity index (χ3n) is 3.14. The Kier molecular flexibility index (Phi) is 3.02. The highest BCUT2D eigenvalue weighted by Crippen LogP contribution is 2.22. The first-order chi connectivity index (χ1) is 9.65. The zero-order valence-electron chi connectivity index (χ0n) is 10.7. The molecule has 1 atom stereocenters. The van der Waals surface area contributed by atoms with Crippen LogP contribution in [-0.4, -0.2) is 23.3 Å². The first kappa shape index (κ1) is 12.5. The number of pyridine rings is 1. The van der Waals surface area contributed by atoms with Gasteiger partial charge in [-0.15, -0.1) is 0 Å². The fraction of sp³-hybridized carbons (Fsp3) is 0.133. The van der Waals surface area contributed by atoms with E-state index in [1.807, 2.05) is 0 Å². The molecule has 1 saturated heterocycles. The topological polar surface area (TPSA) is 51.5 Å². The molecule has 0 N–H and O–H groups in total. The number of benzene rings is 1. The summed E-state index contributed by atoms with van der Waals surface area (Å²) in [5.41, 5.74) is 1.38. The summed E-state index contributed by atoms with van der Waals surface area (Å²) in [5, 5.41) is 0. The van der Waals surface area contributed by atoms with Crippen molar-refractivity contribution in [2.24, 2.45) is 0 Å². The fourth-order valence-electron chi connectivity index (χ4n) is 2.17. The molecule has 0 bridgehead atoms. The van der Waals surface area contributed by atoms with Crippen LogP contribution in [0.25, 0.3) is 5.69 Å². The summed E-state index contributed by atoms with van der Waals surface area (Å²) in [6.45, 7) is 4.14. The van der Waals surface area contributed by atoms with E-state index in [2.05, 4.69) is 6.92 Å². The predicted molar refractivity (Wildman–Crippen MR) is 75.0 cm³/mol. The van der Waals surface area contributed by atoms with Crippen LogP contribution in [0.5, 0.6) is 0 Å². The number of anilines is 1. The molecule has 1 aromatic carbocycles. The van der Waals surface area contributed by atoms with Crippen molar-refractivity contribution in [3.8, 4) is 5.69 Å². The average molecular weight is 269 g/mol. The second-order valence-electron chi connectivity index (χ2n) is 4.54. The van der Waals surface area contributed by atoms with Crippen molar-refractivity contribution < 1.29 is 9.53 Å². The summed E-state index contributed by atoms with van der Waals surface area (Å²) in [6.07, 6.45) is 0.960. The minimum atomic E-state index is -0.394. The van der Waals surface area contributed by atoms with E-state index < -0.39 is 6.09 Å². The number of hydrogen-bond donors (Lipinski definition) is 0. The lowest BCUT2D eigenvalue weighted by atomic mass is 10.2. The van der Waals surface area contributed by atoms with E-state index in [-0.39, 0.29) is 11.7 Å². The Labute approximate surface area is 116 Å². The number of aromatic nitrogens is 1. The number of hydrogen-bond acceptors (Lipinski definition) is 3. The predicted octanol–water partition coefficient (Wildman–Crippen LogP) is 2.00.